The third kappa shape index (κ3) is 4.68. The monoisotopic (exact) mass is 632 g/mol. The SMILES string of the molecule is Cc1ccc(-c2c3nc(cc4ccc(cc5nc(cc6ccc2[nH]6)C(C)(C)C5)[nH]4)C(c2ccc(I)cc2)=C3)cc1. The molecule has 5 heterocycles. The van der Waals surface area contributed by atoms with Gasteiger partial charge in [0, 0.05) is 60.0 Å². The van der Waals surface area contributed by atoms with Crippen molar-refractivity contribution in [3.63, 3.8) is 0 Å². The zero-order chi connectivity index (χ0) is 27.4. The van der Waals surface area contributed by atoms with Crippen molar-refractivity contribution in [1.29, 1.82) is 0 Å². The van der Waals surface area contributed by atoms with E-state index in [1.165, 1.54) is 9.13 Å². The molecule has 5 aromatic rings. The smallest absolute Gasteiger partial charge is 0.0743 e. The lowest BCUT2D eigenvalue weighted by Gasteiger charge is -2.15. The first-order valence-electron chi connectivity index (χ1n) is 13.6. The second-order valence-electron chi connectivity index (χ2n) is 11.4. The van der Waals surface area contributed by atoms with Gasteiger partial charge in [-0.05, 0) is 101 Å². The lowest BCUT2D eigenvalue weighted by Crippen LogP contribution is -2.14. The Hall–Kier alpha value is -3.97. The Labute approximate surface area is 247 Å². The number of aromatic amines is 2. The highest BCUT2D eigenvalue weighted by atomic mass is 127. The Bertz CT molecular complexity index is 1960. The highest BCUT2D eigenvalue weighted by molar-refractivity contribution is 14.1. The van der Waals surface area contributed by atoms with Gasteiger partial charge in [0.2, 0.25) is 0 Å². The number of rotatable bonds is 2. The summed E-state index contributed by atoms with van der Waals surface area (Å²) >= 11 is 2.35. The molecule has 0 amide bonds. The van der Waals surface area contributed by atoms with Crippen molar-refractivity contribution in [3.8, 4) is 11.1 Å². The molecule has 40 heavy (non-hydrogen) atoms. The number of aryl methyl sites for hydroxylation is 1. The van der Waals surface area contributed by atoms with Crippen molar-refractivity contribution in [2.24, 2.45) is 0 Å². The molecule has 0 unspecified atom stereocenters. The quantitative estimate of drug-likeness (QED) is 0.187. The van der Waals surface area contributed by atoms with Crippen LogP contribution in [0.25, 0.3) is 44.8 Å². The first-order chi connectivity index (χ1) is 19.3. The van der Waals surface area contributed by atoms with Crippen LogP contribution in [-0.4, -0.2) is 19.9 Å². The molecular weight excluding hydrogens is 603 g/mol. The molecule has 8 bridgehead atoms. The van der Waals surface area contributed by atoms with E-state index in [-0.39, 0.29) is 5.41 Å². The van der Waals surface area contributed by atoms with Gasteiger partial charge in [-0.1, -0.05) is 55.8 Å². The number of aromatic nitrogens is 4. The first-order valence-corrected chi connectivity index (χ1v) is 14.6. The molecule has 0 fully saturated rings. The Balaban J connectivity index is 1.59. The lowest BCUT2D eigenvalue weighted by molar-refractivity contribution is 0.543. The standard InChI is InChI=1S/C35H29IN4/c1-21-4-6-23(7-5-21)34-30-15-14-27(38-30)18-33-35(2,3)20-28(39-33)16-25-12-13-26(37-25)17-31-29(19-32(34)40-31)22-8-10-24(36)11-9-22/h4-19,37-38H,20H2,1-3H3. The van der Waals surface area contributed by atoms with Crippen molar-refractivity contribution in [2.75, 3.05) is 0 Å². The van der Waals surface area contributed by atoms with Crippen molar-refractivity contribution < 1.29 is 0 Å². The Morgan fingerprint density at radius 3 is 2.17 bits per heavy atom. The number of halogens is 1. The number of H-pyrrole nitrogens is 2. The van der Waals surface area contributed by atoms with Gasteiger partial charge in [0.1, 0.15) is 0 Å². The van der Waals surface area contributed by atoms with Crippen LogP contribution in [0.4, 0.5) is 0 Å². The number of hydrogen-bond donors (Lipinski definition) is 2. The molecular formula is C35H29IN4. The molecule has 2 aromatic carbocycles. The zero-order valence-corrected chi connectivity index (χ0v) is 24.9. The minimum atomic E-state index is -0.0414. The maximum Gasteiger partial charge on any atom is 0.0743 e. The van der Waals surface area contributed by atoms with Crippen LogP contribution in [-0.2, 0) is 11.8 Å². The maximum absolute atomic E-state index is 5.27. The zero-order valence-electron chi connectivity index (χ0n) is 22.7. The molecule has 0 saturated heterocycles. The van der Waals surface area contributed by atoms with Crippen molar-refractivity contribution in [3.05, 3.63) is 128 Å². The molecule has 3 aromatic heterocycles. The Morgan fingerprint density at radius 2 is 1.40 bits per heavy atom. The molecule has 0 aliphatic carbocycles. The summed E-state index contributed by atoms with van der Waals surface area (Å²) in [6.45, 7) is 6.65. The summed E-state index contributed by atoms with van der Waals surface area (Å²) in [5.74, 6) is 0. The summed E-state index contributed by atoms with van der Waals surface area (Å²) in [6.07, 6.45) is 3.13. The molecule has 2 aliphatic heterocycles. The van der Waals surface area contributed by atoms with Crippen LogP contribution in [0.1, 0.15) is 47.8 Å². The number of fused-ring (bicyclic) bond motifs is 8. The Kier molecular flexibility index (Phi) is 6.00. The van der Waals surface area contributed by atoms with Crippen LogP contribution >= 0.6 is 22.6 Å². The van der Waals surface area contributed by atoms with Crippen molar-refractivity contribution in [1.82, 2.24) is 19.9 Å². The van der Waals surface area contributed by atoms with Gasteiger partial charge >= 0.3 is 0 Å². The summed E-state index contributed by atoms with van der Waals surface area (Å²) in [5, 5.41) is 0. The molecule has 0 atom stereocenters. The number of benzene rings is 2. The lowest BCUT2D eigenvalue weighted by atomic mass is 9.87. The average Bonchev–Trinajstić information content (AvgIpc) is 3.70. The number of nitrogens with one attached hydrogen (secondary N) is 2. The third-order valence-electron chi connectivity index (χ3n) is 7.75. The van der Waals surface area contributed by atoms with Crippen LogP contribution in [0.15, 0.2) is 91.0 Å². The molecule has 7 rings (SSSR count). The topological polar surface area (TPSA) is 57.4 Å². The highest BCUT2D eigenvalue weighted by Crippen LogP contribution is 2.36. The summed E-state index contributed by atoms with van der Waals surface area (Å²) in [4.78, 5) is 17.6. The van der Waals surface area contributed by atoms with Crippen LogP contribution in [0.3, 0.4) is 0 Å². The van der Waals surface area contributed by atoms with Gasteiger partial charge in [0.25, 0.3) is 0 Å². The van der Waals surface area contributed by atoms with E-state index in [0.29, 0.717) is 0 Å². The predicted molar refractivity (Wildman–Crippen MR) is 174 cm³/mol. The van der Waals surface area contributed by atoms with E-state index in [4.69, 9.17) is 9.97 Å². The van der Waals surface area contributed by atoms with Crippen LogP contribution in [0, 0.1) is 10.5 Å². The average molecular weight is 633 g/mol. The number of hydrogen-bond acceptors (Lipinski definition) is 2. The van der Waals surface area contributed by atoms with E-state index in [0.717, 1.165) is 73.5 Å². The summed E-state index contributed by atoms with van der Waals surface area (Å²) in [7, 11) is 0. The van der Waals surface area contributed by atoms with Gasteiger partial charge in [0.15, 0.2) is 0 Å². The molecule has 196 valence electrons. The summed E-state index contributed by atoms with van der Waals surface area (Å²) in [5.41, 5.74) is 13.9. The fourth-order valence-electron chi connectivity index (χ4n) is 5.61. The molecule has 2 N–H and O–H groups in total. The molecule has 5 heteroatoms. The van der Waals surface area contributed by atoms with Crippen LogP contribution < -0.4 is 0 Å². The fraction of sp³-hybridized carbons (Fsp3) is 0.143. The second-order valence-corrected chi connectivity index (χ2v) is 12.6. The van der Waals surface area contributed by atoms with Crippen LogP contribution in [0.2, 0.25) is 0 Å². The fourth-order valence-corrected chi connectivity index (χ4v) is 5.97. The third-order valence-corrected chi connectivity index (χ3v) is 8.46. The van der Waals surface area contributed by atoms with E-state index < -0.39 is 0 Å². The van der Waals surface area contributed by atoms with Gasteiger partial charge in [-0.25, -0.2) is 4.98 Å². The van der Waals surface area contributed by atoms with E-state index >= 15 is 0 Å². The molecule has 2 aliphatic rings. The summed E-state index contributed by atoms with van der Waals surface area (Å²) < 4.78 is 1.21. The van der Waals surface area contributed by atoms with Crippen molar-refractivity contribution >= 4 is 56.3 Å². The normalized spacial score (nSPS) is 14.2. The number of nitrogens with zero attached hydrogens (tertiary/aromatic N) is 2. The highest BCUT2D eigenvalue weighted by Gasteiger charge is 2.28. The van der Waals surface area contributed by atoms with Crippen LogP contribution in [0.5, 0.6) is 0 Å². The minimum absolute atomic E-state index is 0.0414. The summed E-state index contributed by atoms with van der Waals surface area (Å²) in [6, 6.07) is 32.4. The van der Waals surface area contributed by atoms with Crippen molar-refractivity contribution in [2.45, 2.75) is 32.6 Å². The second kappa shape index (κ2) is 9.59. The molecule has 4 nitrogen and oxygen atoms in total. The van der Waals surface area contributed by atoms with Gasteiger partial charge in [-0.2, -0.15) is 0 Å². The first kappa shape index (κ1) is 25.0. The van der Waals surface area contributed by atoms with Gasteiger partial charge in [-0.15, -0.1) is 0 Å². The van der Waals surface area contributed by atoms with E-state index in [2.05, 4.69) is 150 Å². The molecule has 0 radical (unpaired) electrons. The van der Waals surface area contributed by atoms with E-state index in [1.54, 1.807) is 0 Å². The van der Waals surface area contributed by atoms with E-state index in [9.17, 15) is 0 Å². The van der Waals surface area contributed by atoms with Gasteiger partial charge in [0.05, 0.1) is 11.4 Å². The molecule has 0 spiro atoms. The minimum Gasteiger partial charge on any atom is -0.355 e. The Morgan fingerprint density at radius 1 is 0.725 bits per heavy atom. The van der Waals surface area contributed by atoms with Gasteiger partial charge in [-0.3, -0.25) is 4.98 Å². The predicted octanol–water partition coefficient (Wildman–Crippen LogP) is 9.00. The largest absolute Gasteiger partial charge is 0.355 e. The molecule has 0 saturated carbocycles. The van der Waals surface area contributed by atoms with Gasteiger partial charge < -0.3 is 9.97 Å². The van der Waals surface area contributed by atoms with E-state index in [1.807, 2.05) is 0 Å². The maximum atomic E-state index is 5.27.